The van der Waals surface area contributed by atoms with Gasteiger partial charge in [0.05, 0.1) is 30.0 Å². The molecule has 0 bridgehead atoms. The highest BCUT2D eigenvalue weighted by Gasteiger charge is 2.45. The van der Waals surface area contributed by atoms with Gasteiger partial charge in [-0.15, -0.1) is 0 Å². The molecular weight excluding hydrogens is 444 g/mol. The van der Waals surface area contributed by atoms with Crippen LogP contribution in [0.1, 0.15) is 43.3 Å². The van der Waals surface area contributed by atoms with Gasteiger partial charge < -0.3 is 19.3 Å². The Morgan fingerprint density at radius 1 is 1.10 bits per heavy atom. The minimum Gasteiger partial charge on any atom is -0.384 e. The maximum atomic E-state index is 5.65. The van der Waals surface area contributed by atoms with Gasteiger partial charge in [-0.2, -0.15) is 0 Å². The third-order valence-corrected chi connectivity index (χ3v) is 6.91. The van der Waals surface area contributed by atoms with E-state index in [1.165, 1.54) is 5.56 Å². The topological polar surface area (TPSA) is 50.7 Å². The van der Waals surface area contributed by atoms with Gasteiger partial charge in [0.25, 0.3) is 0 Å². The van der Waals surface area contributed by atoms with Crippen molar-refractivity contribution < 1.29 is 9.47 Å². The lowest BCUT2D eigenvalue weighted by Gasteiger charge is -2.47. The van der Waals surface area contributed by atoms with Gasteiger partial charge in [-0.05, 0) is 52.9 Å². The van der Waals surface area contributed by atoms with Crippen molar-refractivity contribution in [2.45, 2.75) is 38.5 Å². The Morgan fingerprint density at radius 2 is 1.83 bits per heavy atom. The molecule has 0 spiro atoms. The van der Waals surface area contributed by atoms with Crippen molar-refractivity contribution in [1.82, 2.24) is 9.97 Å². The van der Waals surface area contributed by atoms with E-state index < -0.39 is 0 Å². The first-order valence-electron chi connectivity index (χ1n) is 10.6. The molecule has 0 atom stereocenters. The predicted molar refractivity (Wildman–Crippen MR) is 124 cm³/mol. The van der Waals surface area contributed by atoms with Crippen molar-refractivity contribution >= 4 is 33.1 Å². The SMILES string of the molecule is COCC1(COC)CCN2CCN(c3ccc(C(C)C)cc3Br)c3nc(C)nc1c32. The summed E-state index contributed by atoms with van der Waals surface area (Å²) in [6.07, 6.45) is 0.963. The first-order chi connectivity index (χ1) is 14.4. The number of ether oxygens (including phenoxy) is 2. The Labute approximate surface area is 187 Å². The summed E-state index contributed by atoms with van der Waals surface area (Å²) in [4.78, 5) is 14.6. The van der Waals surface area contributed by atoms with E-state index in [0.29, 0.717) is 19.1 Å². The van der Waals surface area contributed by atoms with Gasteiger partial charge in [0.1, 0.15) is 11.5 Å². The van der Waals surface area contributed by atoms with Gasteiger partial charge in [0, 0.05) is 38.3 Å². The van der Waals surface area contributed by atoms with E-state index in [0.717, 1.165) is 59.2 Å². The van der Waals surface area contributed by atoms with E-state index in [4.69, 9.17) is 19.4 Å². The Balaban J connectivity index is 1.86. The summed E-state index contributed by atoms with van der Waals surface area (Å²) in [5.41, 5.74) is 4.41. The van der Waals surface area contributed by atoms with Gasteiger partial charge in [-0.25, -0.2) is 9.97 Å². The second-order valence-corrected chi connectivity index (χ2v) is 9.55. The quantitative estimate of drug-likeness (QED) is 0.611. The van der Waals surface area contributed by atoms with Crippen molar-refractivity contribution in [2.75, 3.05) is 56.9 Å². The molecular formula is C23H31BrN4O2. The molecule has 1 aromatic heterocycles. The van der Waals surface area contributed by atoms with Crippen LogP contribution < -0.4 is 9.80 Å². The first-order valence-corrected chi connectivity index (χ1v) is 11.4. The van der Waals surface area contributed by atoms with Crippen LogP contribution in [-0.2, 0) is 14.9 Å². The highest BCUT2D eigenvalue weighted by Crippen LogP contribution is 2.48. The molecule has 1 aromatic carbocycles. The van der Waals surface area contributed by atoms with Crippen molar-refractivity contribution in [2.24, 2.45) is 0 Å². The Kier molecular flexibility index (Phi) is 6.06. The standard InChI is InChI=1S/C23H31BrN4O2/c1-15(2)17-6-7-19(18(24)12-17)28-11-10-27-9-8-23(13-29-4,14-30-5)21-20(27)22(28)26-16(3)25-21/h6-7,12,15H,8-11,13-14H2,1-5H3. The molecule has 6 nitrogen and oxygen atoms in total. The van der Waals surface area contributed by atoms with Crippen LogP contribution in [0.25, 0.3) is 0 Å². The number of rotatable bonds is 6. The zero-order chi connectivity index (χ0) is 21.5. The molecule has 2 aromatic rings. The smallest absolute Gasteiger partial charge is 0.160 e. The summed E-state index contributed by atoms with van der Waals surface area (Å²) in [5.74, 6) is 2.26. The number of aromatic nitrogens is 2. The first kappa shape index (κ1) is 21.5. The van der Waals surface area contributed by atoms with E-state index in [2.05, 4.69) is 57.8 Å². The third-order valence-electron chi connectivity index (χ3n) is 6.28. The monoisotopic (exact) mass is 474 g/mol. The Hall–Kier alpha value is -1.70. The lowest BCUT2D eigenvalue weighted by atomic mass is 9.78. The molecule has 3 heterocycles. The van der Waals surface area contributed by atoms with Crippen molar-refractivity contribution in [3.05, 3.63) is 39.8 Å². The normalized spacial score (nSPS) is 17.4. The van der Waals surface area contributed by atoms with Gasteiger partial charge in [-0.3, -0.25) is 0 Å². The van der Waals surface area contributed by atoms with Crippen LogP contribution in [0.5, 0.6) is 0 Å². The Bertz CT molecular complexity index is 928. The Morgan fingerprint density at radius 3 is 2.47 bits per heavy atom. The number of methoxy groups -OCH3 is 2. The second kappa shape index (κ2) is 8.44. The number of halogens is 1. The molecule has 0 radical (unpaired) electrons. The minimum atomic E-state index is -0.250. The van der Waals surface area contributed by atoms with Crippen molar-refractivity contribution in [3.8, 4) is 0 Å². The zero-order valence-corrected chi connectivity index (χ0v) is 20.1. The molecule has 30 heavy (non-hydrogen) atoms. The molecule has 0 fully saturated rings. The molecule has 4 rings (SSSR count). The highest BCUT2D eigenvalue weighted by molar-refractivity contribution is 9.10. The number of hydrogen-bond donors (Lipinski definition) is 0. The third kappa shape index (κ3) is 3.61. The molecule has 0 unspecified atom stereocenters. The van der Waals surface area contributed by atoms with E-state index in [-0.39, 0.29) is 5.41 Å². The van der Waals surface area contributed by atoms with Crippen LogP contribution in [0.15, 0.2) is 22.7 Å². The van der Waals surface area contributed by atoms with Crippen molar-refractivity contribution in [1.29, 1.82) is 0 Å². The summed E-state index contributed by atoms with van der Waals surface area (Å²) in [6.45, 7) is 10.4. The van der Waals surface area contributed by atoms with Crippen LogP contribution in [0.4, 0.5) is 17.2 Å². The maximum Gasteiger partial charge on any atom is 0.160 e. The van der Waals surface area contributed by atoms with Crippen LogP contribution >= 0.6 is 15.9 Å². The van der Waals surface area contributed by atoms with Crippen LogP contribution in [-0.4, -0.2) is 57.0 Å². The average molecular weight is 475 g/mol. The number of benzene rings is 1. The van der Waals surface area contributed by atoms with Gasteiger partial charge in [-0.1, -0.05) is 19.9 Å². The summed E-state index contributed by atoms with van der Waals surface area (Å²) in [7, 11) is 3.51. The molecule has 7 heteroatoms. The maximum absolute atomic E-state index is 5.65. The average Bonchev–Trinajstić information content (AvgIpc) is 2.71. The minimum absolute atomic E-state index is 0.250. The summed E-state index contributed by atoms with van der Waals surface area (Å²) < 4.78 is 12.4. The fourth-order valence-corrected chi connectivity index (χ4v) is 5.35. The molecule has 0 N–H and O–H groups in total. The van der Waals surface area contributed by atoms with Gasteiger partial charge in [0.15, 0.2) is 5.82 Å². The number of aryl methyl sites for hydroxylation is 1. The van der Waals surface area contributed by atoms with E-state index in [1.54, 1.807) is 14.2 Å². The van der Waals surface area contributed by atoms with E-state index in [1.807, 2.05) is 6.92 Å². The largest absolute Gasteiger partial charge is 0.384 e. The number of nitrogens with zero attached hydrogens (tertiary/aromatic N) is 4. The van der Waals surface area contributed by atoms with Crippen LogP contribution in [0.2, 0.25) is 0 Å². The van der Waals surface area contributed by atoms with Gasteiger partial charge >= 0.3 is 0 Å². The molecule has 2 aliphatic rings. The van der Waals surface area contributed by atoms with Gasteiger partial charge in [0.2, 0.25) is 0 Å². The summed E-state index contributed by atoms with van der Waals surface area (Å²) in [5, 5.41) is 0. The summed E-state index contributed by atoms with van der Waals surface area (Å²) in [6, 6.07) is 6.66. The fourth-order valence-electron chi connectivity index (χ4n) is 4.74. The van der Waals surface area contributed by atoms with Crippen molar-refractivity contribution in [3.63, 3.8) is 0 Å². The molecule has 0 saturated carbocycles. The molecule has 0 saturated heterocycles. The summed E-state index contributed by atoms with van der Waals surface area (Å²) >= 11 is 3.82. The lowest BCUT2D eigenvalue weighted by molar-refractivity contribution is 0.0504. The predicted octanol–water partition coefficient (Wildman–Crippen LogP) is 4.56. The van der Waals surface area contributed by atoms with Crippen LogP contribution in [0.3, 0.4) is 0 Å². The molecule has 162 valence electrons. The number of anilines is 3. The van der Waals surface area contributed by atoms with E-state index in [9.17, 15) is 0 Å². The molecule has 0 aliphatic carbocycles. The molecule has 0 amide bonds. The fraction of sp³-hybridized carbons (Fsp3) is 0.565. The van der Waals surface area contributed by atoms with Crippen LogP contribution in [0, 0.1) is 6.92 Å². The lowest BCUT2D eigenvalue weighted by Crippen LogP contribution is -2.51. The highest BCUT2D eigenvalue weighted by atomic mass is 79.9. The second-order valence-electron chi connectivity index (χ2n) is 8.69. The zero-order valence-electron chi connectivity index (χ0n) is 18.5. The van der Waals surface area contributed by atoms with E-state index >= 15 is 0 Å². The molecule has 2 aliphatic heterocycles. The number of hydrogen-bond acceptors (Lipinski definition) is 6.